The smallest absolute Gasteiger partial charge is 0.224 e. The molecular weight excluding hydrogens is 322 g/mol. The van der Waals surface area contributed by atoms with E-state index in [1.165, 1.54) is 56.7 Å². The fourth-order valence-electron chi connectivity index (χ4n) is 4.22. The fraction of sp³-hybridized carbons (Fsp3) is 0.650. The zero-order valence-electron chi connectivity index (χ0n) is 14.8. The summed E-state index contributed by atoms with van der Waals surface area (Å²) in [6.45, 7) is 1.95. The second-order valence-corrected chi connectivity index (χ2v) is 7.42. The summed E-state index contributed by atoms with van der Waals surface area (Å²) in [5.41, 5.74) is -0.142. The highest BCUT2D eigenvalue weighted by Crippen LogP contribution is 2.24. The number of amides is 1. The lowest BCUT2D eigenvalue weighted by atomic mass is 9.99. The largest absolute Gasteiger partial charge is 0.352 e. The van der Waals surface area contributed by atoms with Crippen LogP contribution >= 0.6 is 0 Å². The number of likely N-dealkylation sites (tertiary alicyclic amines) is 1. The minimum atomic E-state index is -0.654. The summed E-state index contributed by atoms with van der Waals surface area (Å²) in [7, 11) is 0. The molecule has 1 heterocycles. The molecule has 1 amide bonds. The highest BCUT2D eigenvalue weighted by atomic mass is 19.1. The first-order chi connectivity index (χ1) is 12.1. The highest BCUT2D eigenvalue weighted by Gasteiger charge is 2.27. The summed E-state index contributed by atoms with van der Waals surface area (Å²) in [5, 5.41) is 2.99. The average molecular weight is 350 g/mol. The summed E-state index contributed by atoms with van der Waals surface area (Å²) in [6, 6.07) is 4.42. The van der Waals surface area contributed by atoms with Crippen molar-refractivity contribution in [2.24, 2.45) is 0 Å². The van der Waals surface area contributed by atoms with Gasteiger partial charge in [0.1, 0.15) is 11.6 Å². The van der Waals surface area contributed by atoms with Crippen molar-refractivity contribution in [1.29, 1.82) is 0 Å². The van der Waals surface area contributed by atoms with Crippen molar-refractivity contribution >= 4 is 5.91 Å². The molecule has 138 valence electrons. The van der Waals surface area contributed by atoms with Gasteiger partial charge in [-0.3, -0.25) is 9.69 Å². The van der Waals surface area contributed by atoms with Gasteiger partial charge in [-0.1, -0.05) is 31.7 Å². The van der Waals surface area contributed by atoms with Gasteiger partial charge in [-0.25, -0.2) is 8.78 Å². The molecule has 3 rings (SSSR count). The standard InChI is InChI=1S/C20H28F2N2O/c21-18-10-5-11-19(22)17(18)13-20(25)23-15-7-6-12-24(14-15)16-8-3-1-2-4-9-16/h5,10-11,15-16H,1-4,6-9,12-14H2,(H,23,25)/t15-/m1/s1. The maximum Gasteiger partial charge on any atom is 0.224 e. The van der Waals surface area contributed by atoms with Crippen LogP contribution in [-0.2, 0) is 11.2 Å². The molecule has 1 aromatic carbocycles. The minimum Gasteiger partial charge on any atom is -0.352 e. The van der Waals surface area contributed by atoms with Crippen molar-refractivity contribution in [3.05, 3.63) is 35.4 Å². The number of carbonyl (C=O) groups is 1. The molecule has 0 spiro atoms. The number of nitrogens with zero attached hydrogens (tertiary/aromatic N) is 1. The van der Waals surface area contributed by atoms with Gasteiger partial charge in [0.2, 0.25) is 5.91 Å². The van der Waals surface area contributed by atoms with Crippen LogP contribution in [0.3, 0.4) is 0 Å². The minimum absolute atomic E-state index is 0.0827. The van der Waals surface area contributed by atoms with Crippen LogP contribution in [0.2, 0.25) is 0 Å². The van der Waals surface area contributed by atoms with Crippen LogP contribution in [0.25, 0.3) is 0 Å². The Bertz CT molecular complexity index is 565. The molecule has 0 aromatic heterocycles. The van der Waals surface area contributed by atoms with Crippen molar-refractivity contribution in [3.8, 4) is 0 Å². The third-order valence-electron chi connectivity index (χ3n) is 5.56. The van der Waals surface area contributed by atoms with Crippen LogP contribution in [0.4, 0.5) is 8.78 Å². The summed E-state index contributed by atoms with van der Waals surface area (Å²) in [5.74, 6) is -1.60. The predicted octanol–water partition coefficient (Wildman–Crippen LogP) is 3.81. The third-order valence-corrected chi connectivity index (χ3v) is 5.56. The Morgan fingerprint density at radius 1 is 1.04 bits per heavy atom. The molecule has 1 atom stereocenters. The van der Waals surface area contributed by atoms with E-state index in [9.17, 15) is 13.6 Å². The predicted molar refractivity (Wildman–Crippen MR) is 94.3 cm³/mol. The van der Waals surface area contributed by atoms with Crippen LogP contribution in [0.15, 0.2) is 18.2 Å². The summed E-state index contributed by atoms with van der Waals surface area (Å²) >= 11 is 0. The van der Waals surface area contributed by atoms with E-state index in [4.69, 9.17) is 0 Å². The average Bonchev–Trinajstić information content (AvgIpc) is 2.88. The molecule has 1 aliphatic carbocycles. The third kappa shape index (κ3) is 5.00. The van der Waals surface area contributed by atoms with Crippen LogP contribution in [-0.4, -0.2) is 36.0 Å². The molecule has 1 saturated carbocycles. The van der Waals surface area contributed by atoms with Crippen LogP contribution in [0.5, 0.6) is 0 Å². The molecule has 2 aliphatic rings. The second kappa shape index (κ2) is 8.75. The number of carbonyl (C=O) groups excluding carboxylic acids is 1. The first kappa shape index (κ1) is 18.3. The van der Waals surface area contributed by atoms with E-state index in [1.807, 2.05) is 0 Å². The van der Waals surface area contributed by atoms with Gasteiger partial charge in [0.05, 0.1) is 6.42 Å². The molecule has 25 heavy (non-hydrogen) atoms. The highest BCUT2D eigenvalue weighted by molar-refractivity contribution is 5.79. The van der Waals surface area contributed by atoms with E-state index in [-0.39, 0.29) is 23.9 Å². The molecule has 1 saturated heterocycles. The van der Waals surface area contributed by atoms with Crippen LogP contribution in [0, 0.1) is 11.6 Å². The van der Waals surface area contributed by atoms with E-state index in [1.54, 1.807) is 0 Å². The Morgan fingerprint density at radius 3 is 2.40 bits per heavy atom. The number of nitrogens with one attached hydrogen (secondary N) is 1. The Morgan fingerprint density at radius 2 is 1.72 bits per heavy atom. The number of piperidine rings is 1. The van der Waals surface area contributed by atoms with Crippen molar-refractivity contribution in [2.45, 2.75) is 69.9 Å². The van der Waals surface area contributed by atoms with Crippen molar-refractivity contribution in [1.82, 2.24) is 10.2 Å². The lowest BCUT2D eigenvalue weighted by Gasteiger charge is -2.38. The van der Waals surface area contributed by atoms with E-state index < -0.39 is 11.6 Å². The number of hydrogen-bond donors (Lipinski definition) is 1. The van der Waals surface area contributed by atoms with Gasteiger partial charge < -0.3 is 5.32 Å². The van der Waals surface area contributed by atoms with E-state index >= 15 is 0 Å². The molecule has 1 aliphatic heterocycles. The molecular formula is C20H28F2N2O. The number of hydrogen-bond acceptors (Lipinski definition) is 2. The number of rotatable bonds is 4. The first-order valence-corrected chi connectivity index (χ1v) is 9.60. The van der Waals surface area contributed by atoms with Gasteiger partial charge in [0.25, 0.3) is 0 Å². The molecule has 0 radical (unpaired) electrons. The van der Waals surface area contributed by atoms with Gasteiger partial charge in [-0.05, 0) is 44.4 Å². The molecule has 5 heteroatoms. The topological polar surface area (TPSA) is 32.3 Å². The van der Waals surface area contributed by atoms with Gasteiger partial charge in [0.15, 0.2) is 0 Å². The first-order valence-electron chi connectivity index (χ1n) is 9.60. The lowest BCUT2D eigenvalue weighted by Crippen LogP contribution is -2.51. The molecule has 0 unspecified atom stereocenters. The molecule has 1 aromatic rings. The lowest BCUT2D eigenvalue weighted by molar-refractivity contribution is -0.121. The zero-order valence-corrected chi connectivity index (χ0v) is 14.8. The normalized spacial score (nSPS) is 23.2. The molecule has 2 fully saturated rings. The molecule has 1 N–H and O–H groups in total. The fourth-order valence-corrected chi connectivity index (χ4v) is 4.22. The summed E-state index contributed by atoms with van der Waals surface area (Å²) < 4.78 is 27.4. The molecule has 0 bridgehead atoms. The Hall–Kier alpha value is -1.49. The number of halogens is 2. The van der Waals surface area contributed by atoms with Crippen LogP contribution < -0.4 is 5.32 Å². The van der Waals surface area contributed by atoms with Gasteiger partial charge >= 0.3 is 0 Å². The maximum atomic E-state index is 13.7. The Kier molecular flexibility index (Phi) is 6.40. The SMILES string of the molecule is O=C(Cc1c(F)cccc1F)N[C@@H]1CCCN(C2CCCCCC2)C1. The maximum absolute atomic E-state index is 13.7. The van der Waals surface area contributed by atoms with E-state index in [2.05, 4.69) is 10.2 Å². The number of benzene rings is 1. The van der Waals surface area contributed by atoms with E-state index in [0.29, 0.717) is 6.04 Å². The Balaban J connectivity index is 1.54. The van der Waals surface area contributed by atoms with Crippen molar-refractivity contribution in [2.75, 3.05) is 13.1 Å². The van der Waals surface area contributed by atoms with Gasteiger partial charge in [0, 0.05) is 24.2 Å². The van der Waals surface area contributed by atoms with Crippen molar-refractivity contribution in [3.63, 3.8) is 0 Å². The quantitative estimate of drug-likeness (QED) is 0.838. The van der Waals surface area contributed by atoms with E-state index in [0.717, 1.165) is 25.9 Å². The summed E-state index contributed by atoms with van der Waals surface area (Å²) in [4.78, 5) is 14.8. The van der Waals surface area contributed by atoms with Crippen LogP contribution in [0.1, 0.15) is 56.9 Å². The van der Waals surface area contributed by atoms with Gasteiger partial charge in [-0.15, -0.1) is 0 Å². The van der Waals surface area contributed by atoms with Crippen molar-refractivity contribution < 1.29 is 13.6 Å². The van der Waals surface area contributed by atoms with Gasteiger partial charge in [-0.2, -0.15) is 0 Å². The summed E-state index contributed by atoms with van der Waals surface area (Å²) in [6.07, 6.45) is 9.53. The monoisotopic (exact) mass is 350 g/mol. The Labute approximate surface area is 148 Å². The zero-order chi connectivity index (χ0) is 17.6. The second-order valence-electron chi connectivity index (χ2n) is 7.42. The molecule has 3 nitrogen and oxygen atoms in total.